The van der Waals surface area contributed by atoms with Gasteiger partial charge in [-0.15, -0.1) is 0 Å². The summed E-state index contributed by atoms with van der Waals surface area (Å²) < 4.78 is 10.3. The molecule has 0 unspecified atom stereocenters. The highest BCUT2D eigenvalue weighted by Gasteiger charge is 2.07. The molecular weight excluding hydrogens is 235 g/mol. The average molecular weight is 247 g/mol. The van der Waals surface area contributed by atoms with Gasteiger partial charge < -0.3 is 9.47 Å². The molecule has 1 aromatic rings. The van der Waals surface area contributed by atoms with E-state index in [0.717, 1.165) is 5.56 Å². The Bertz CT molecular complexity index is 382. The second-order valence-electron chi connectivity index (χ2n) is 2.92. The predicted molar refractivity (Wildman–Crippen MR) is 63.8 cm³/mol. The van der Waals surface area contributed by atoms with Crippen molar-refractivity contribution in [2.24, 2.45) is 0 Å². The van der Waals surface area contributed by atoms with Crippen LogP contribution in [-0.4, -0.2) is 14.2 Å². The van der Waals surface area contributed by atoms with E-state index in [4.69, 9.17) is 32.7 Å². The van der Waals surface area contributed by atoms with E-state index < -0.39 is 0 Å². The molecule has 0 aliphatic carbocycles. The van der Waals surface area contributed by atoms with Gasteiger partial charge in [0.15, 0.2) is 11.5 Å². The van der Waals surface area contributed by atoms with E-state index in [0.29, 0.717) is 21.6 Å². The zero-order valence-electron chi connectivity index (χ0n) is 8.80. The van der Waals surface area contributed by atoms with Crippen molar-refractivity contribution < 1.29 is 9.47 Å². The lowest BCUT2D eigenvalue weighted by molar-refractivity contribution is 0.355. The highest BCUT2D eigenvalue weighted by molar-refractivity contribution is 6.54. The van der Waals surface area contributed by atoms with Crippen molar-refractivity contribution in [3.63, 3.8) is 0 Å². The largest absolute Gasteiger partial charge is 0.493 e. The van der Waals surface area contributed by atoms with Crippen molar-refractivity contribution in [1.82, 2.24) is 0 Å². The molecule has 0 N–H and O–H groups in total. The molecule has 0 amide bonds. The first kappa shape index (κ1) is 12.2. The Morgan fingerprint density at radius 1 is 1.07 bits per heavy atom. The van der Waals surface area contributed by atoms with E-state index >= 15 is 0 Å². The molecule has 0 bridgehead atoms. The molecule has 4 heteroatoms. The van der Waals surface area contributed by atoms with Gasteiger partial charge in [-0.3, -0.25) is 0 Å². The summed E-state index contributed by atoms with van der Waals surface area (Å²) in [6, 6.07) is 5.40. The van der Waals surface area contributed by atoms with Crippen molar-refractivity contribution in [3.05, 3.63) is 28.8 Å². The fraction of sp³-hybridized carbons (Fsp3) is 0.273. The Balaban J connectivity index is 3.20. The molecule has 0 saturated heterocycles. The van der Waals surface area contributed by atoms with E-state index in [1.807, 2.05) is 6.07 Å². The van der Waals surface area contributed by atoms with Crippen LogP contribution in [0.15, 0.2) is 23.2 Å². The minimum absolute atomic E-state index is 0.512. The first-order valence-electron chi connectivity index (χ1n) is 4.34. The maximum absolute atomic E-state index is 6.02. The van der Waals surface area contributed by atoms with Gasteiger partial charge in [-0.2, -0.15) is 0 Å². The summed E-state index contributed by atoms with van der Waals surface area (Å²) in [5, 5.41) is 1.06. The number of benzene rings is 1. The Hall–Kier alpha value is -0.860. The van der Waals surface area contributed by atoms with Crippen LogP contribution in [0.2, 0.25) is 0 Å². The van der Waals surface area contributed by atoms with Crippen LogP contribution in [0.4, 0.5) is 0 Å². The Morgan fingerprint density at radius 3 is 2.13 bits per heavy atom. The van der Waals surface area contributed by atoms with Gasteiger partial charge in [0.25, 0.3) is 0 Å². The van der Waals surface area contributed by atoms with Gasteiger partial charge in [0.2, 0.25) is 0 Å². The number of rotatable bonds is 3. The number of hydrogen-bond acceptors (Lipinski definition) is 2. The lowest BCUT2D eigenvalue weighted by atomic mass is 10.2. The quantitative estimate of drug-likeness (QED) is 0.807. The third-order valence-electron chi connectivity index (χ3n) is 1.94. The standard InChI is InChI=1S/C11H12Cl2O2/c1-7(12)11(13)8-4-5-9(14-2)10(6-8)15-3/h4-6H,1-3H3/b11-7+. The molecule has 0 spiro atoms. The minimum atomic E-state index is 0.512. The van der Waals surface area contributed by atoms with Crippen LogP contribution in [0.1, 0.15) is 12.5 Å². The summed E-state index contributed by atoms with van der Waals surface area (Å²) in [6.07, 6.45) is 0. The highest BCUT2D eigenvalue weighted by atomic mass is 35.5. The molecule has 2 nitrogen and oxygen atoms in total. The topological polar surface area (TPSA) is 18.5 Å². The van der Waals surface area contributed by atoms with Crippen molar-refractivity contribution in [2.75, 3.05) is 14.2 Å². The van der Waals surface area contributed by atoms with Crippen LogP contribution in [0.5, 0.6) is 11.5 Å². The van der Waals surface area contributed by atoms with Gasteiger partial charge in [-0.25, -0.2) is 0 Å². The summed E-state index contributed by atoms with van der Waals surface area (Å²) in [5.41, 5.74) is 0.807. The van der Waals surface area contributed by atoms with Crippen LogP contribution < -0.4 is 9.47 Å². The monoisotopic (exact) mass is 246 g/mol. The van der Waals surface area contributed by atoms with Crippen LogP contribution in [0, 0.1) is 0 Å². The maximum atomic E-state index is 6.02. The molecule has 0 aromatic heterocycles. The van der Waals surface area contributed by atoms with Crippen molar-refractivity contribution in [1.29, 1.82) is 0 Å². The third kappa shape index (κ3) is 2.80. The van der Waals surface area contributed by atoms with E-state index in [9.17, 15) is 0 Å². The van der Waals surface area contributed by atoms with Crippen molar-refractivity contribution >= 4 is 28.2 Å². The maximum Gasteiger partial charge on any atom is 0.161 e. The van der Waals surface area contributed by atoms with Gasteiger partial charge in [0.1, 0.15) is 0 Å². The van der Waals surface area contributed by atoms with Gasteiger partial charge in [0.05, 0.1) is 19.3 Å². The SMILES string of the molecule is COc1ccc(/C(Cl)=C(/C)Cl)cc1OC. The van der Waals surface area contributed by atoms with E-state index in [1.165, 1.54) is 0 Å². The first-order chi connectivity index (χ1) is 7.10. The number of halogens is 2. The Kier molecular flexibility index (Phi) is 4.30. The predicted octanol–water partition coefficient (Wildman–Crippen LogP) is 3.87. The summed E-state index contributed by atoms with van der Waals surface area (Å²) in [7, 11) is 3.16. The molecule has 0 atom stereocenters. The normalized spacial score (nSPS) is 12.1. The summed E-state index contributed by atoms with van der Waals surface area (Å²) in [4.78, 5) is 0. The molecule has 1 rings (SSSR count). The van der Waals surface area contributed by atoms with Gasteiger partial charge in [-0.1, -0.05) is 23.2 Å². The van der Waals surface area contributed by atoms with Crippen LogP contribution in [0.3, 0.4) is 0 Å². The fourth-order valence-electron chi connectivity index (χ4n) is 1.17. The van der Waals surface area contributed by atoms with Crippen LogP contribution in [0.25, 0.3) is 5.03 Å². The molecule has 0 heterocycles. The van der Waals surface area contributed by atoms with Gasteiger partial charge >= 0.3 is 0 Å². The molecule has 0 radical (unpaired) electrons. The Labute approximate surface area is 99.4 Å². The third-order valence-corrected chi connectivity index (χ3v) is 2.73. The summed E-state index contributed by atoms with van der Waals surface area (Å²) in [6.45, 7) is 1.74. The first-order valence-corrected chi connectivity index (χ1v) is 5.10. The molecule has 0 saturated carbocycles. The fourth-order valence-corrected chi connectivity index (χ4v) is 1.40. The minimum Gasteiger partial charge on any atom is -0.493 e. The Morgan fingerprint density at radius 2 is 1.67 bits per heavy atom. The van der Waals surface area contributed by atoms with E-state index in [-0.39, 0.29) is 0 Å². The zero-order chi connectivity index (χ0) is 11.4. The molecule has 0 fully saturated rings. The molecule has 0 aliphatic rings. The van der Waals surface area contributed by atoms with E-state index in [1.54, 1.807) is 33.3 Å². The number of ether oxygens (including phenoxy) is 2. The second kappa shape index (κ2) is 5.29. The van der Waals surface area contributed by atoms with Crippen LogP contribution in [-0.2, 0) is 0 Å². The van der Waals surface area contributed by atoms with Gasteiger partial charge in [0, 0.05) is 5.03 Å². The average Bonchev–Trinajstić information content (AvgIpc) is 2.26. The summed E-state index contributed by atoms with van der Waals surface area (Å²) >= 11 is 11.8. The molecular formula is C11H12Cl2O2. The summed E-state index contributed by atoms with van der Waals surface area (Å²) in [5.74, 6) is 1.30. The van der Waals surface area contributed by atoms with E-state index in [2.05, 4.69) is 0 Å². The number of methoxy groups -OCH3 is 2. The molecule has 1 aromatic carbocycles. The van der Waals surface area contributed by atoms with Crippen LogP contribution >= 0.6 is 23.2 Å². The molecule has 82 valence electrons. The molecule has 0 aliphatic heterocycles. The van der Waals surface area contributed by atoms with Crippen molar-refractivity contribution in [2.45, 2.75) is 6.92 Å². The van der Waals surface area contributed by atoms with Gasteiger partial charge in [-0.05, 0) is 30.7 Å². The smallest absolute Gasteiger partial charge is 0.161 e. The lowest BCUT2D eigenvalue weighted by Crippen LogP contribution is -1.91. The molecule has 15 heavy (non-hydrogen) atoms. The zero-order valence-corrected chi connectivity index (χ0v) is 10.3. The number of hydrogen-bond donors (Lipinski definition) is 0. The second-order valence-corrected chi connectivity index (χ2v) is 3.86. The highest BCUT2D eigenvalue weighted by Crippen LogP contribution is 2.33. The number of allylic oxidation sites excluding steroid dienone is 1. The lowest BCUT2D eigenvalue weighted by Gasteiger charge is -2.09. The van der Waals surface area contributed by atoms with Crippen molar-refractivity contribution in [3.8, 4) is 11.5 Å².